The molecule has 31 heavy (non-hydrogen) atoms. The molecule has 2 N–H and O–H groups in total. The highest BCUT2D eigenvalue weighted by Gasteiger charge is 2.50. The quantitative estimate of drug-likeness (QED) is 0.633. The minimum absolute atomic E-state index is 0.409. The predicted octanol–water partition coefficient (Wildman–Crippen LogP) is 3.20. The highest BCUT2D eigenvalue weighted by Crippen LogP contribution is 2.32. The van der Waals surface area contributed by atoms with E-state index in [-0.39, 0.29) is 0 Å². The van der Waals surface area contributed by atoms with E-state index < -0.39 is 29.9 Å². The third kappa shape index (κ3) is 4.47. The van der Waals surface area contributed by atoms with E-state index in [1.807, 2.05) is 39.0 Å². The third-order valence-electron chi connectivity index (χ3n) is 5.10. The smallest absolute Gasteiger partial charge is 0.325 e. The fourth-order valence-electron chi connectivity index (χ4n) is 3.63. The molecule has 0 aromatic heterocycles. The van der Waals surface area contributed by atoms with E-state index in [4.69, 9.17) is 9.47 Å². The second kappa shape index (κ2) is 9.07. The molecule has 1 fully saturated rings. The maximum Gasteiger partial charge on any atom is 0.325 e. The van der Waals surface area contributed by atoms with Crippen LogP contribution < -0.4 is 20.1 Å². The molecule has 1 saturated heterocycles. The fraction of sp³-hybridized carbons (Fsp3) is 0.348. The lowest BCUT2D eigenvalue weighted by Crippen LogP contribution is -2.42. The van der Waals surface area contributed by atoms with Gasteiger partial charge in [-0.1, -0.05) is 24.3 Å². The maximum atomic E-state index is 13.1. The van der Waals surface area contributed by atoms with E-state index >= 15 is 0 Å². The van der Waals surface area contributed by atoms with Crippen LogP contribution in [0.2, 0.25) is 0 Å². The van der Waals surface area contributed by atoms with Gasteiger partial charge in [-0.05, 0) is 51.0 Å². The highest BCUT2D eigenvalue weighted by atomic mass is 16.5. The molecule has 0 saturated carbocycles. The summed E-state index contributed by atoms with van der Waals surface area (Å²) in [6, 6.07) is 11.8. The summed E-state index contributed by atoms with van der Waals surface area (Å²) in [5.41, 5.74) is 0.749. The number of ether oxygens (including phenoxy) is 2. The first kappa shape index (κ1) is 22.1. The van der Waals surface area contributed by atoms with E-state index in [0.717, 1.165) is 10.5 Å². The van der Waals surface area contributed by atoms with E-state index in [1.165, 1.54) is 0 Å². The number of urea groups is 1. The lowest BCUT2D eigenvalue weighted by atomic mass is 9.88. The van der Waals surface area contributed by atoms with Crippen LogP contribution in [-0.4, -0.2) is 42.5 Å². The number of carbonyl (C=O) groups excluding carboxylic acids is 3. The fourth-order valence-corrected chi connectivity index (χ4v) is 3.63. The SMILES string of the molecule is CCOc1ccc(OCC)c(NC(=O)CN2C(=O)NC(C)(c3ccccc3C)C2=O)c1. The van der Waals surface area contributed by atoms with Crippen molar-refractivity contribution in [1.82, 2.24) is 10.2 Å². The lowest BCUT2D eigenvalue weighted by Gasteiger charge is -2.24. The van der Waals surface area contributed by atoms with Crippen molar-refractivity contribution in [2.24, 2.45) is 0 Å². The van der Waals surface area contributed by atoms with Crippen molar-refractivity contribution in [2.75, 3.05) is 25.1 Å². The van der Waals surface area contributed by atoms with Gasteiger partial charge in [0.15, 0.2) is 0 Å². The number of aryl methyl sites for hydroxylation is 1. The molecule has 2 aromatic rings. The van der Waals surface area contributed by atoms with Crippen molar-refractivity contribution in [3.8, 4) is 11.5 Å². The van der Waals surface area contributed by atoms with Crippen LogP contribution in [0.1, 0.15) is 31.9 Å². The van der Waals surface area contributed by atoms with Crippen LogP contribution >= 0.6 is 0 Å². The normalized spacial score (nSPS) is 18.0. The van der Waals surface area contributed by atoms with Crippen LogP contribution in [0.4, 0.5) is 10.5 Å². The van der Waals surface area contributed by atoms with Crippen molar-refractivity contribution in [3.63, 3.8) is 0 Å². The van der Waals surface area contributed by atoms with Crippen molar-refractivity contribution < 1.29 is 23.9 Å². The molecular formula is C23H27N3O5. The number of rotatable bonds is 8. The molecule has 0 aliphatic carbocycles. The van der Waals surface area contributed by atoms with E-state index in [1.54, 1.807) is 31.2 Å². The first-order valence-corrected chi connectivity index (χ1v) is 10.2. The molecule has 1 heterocycles. The van der Waals surface area contributed by atoms with Crippen molar-refractivity contribution in [1.29, 1.82) is 0 Å². The Kier molecular flexibility index (Phi) is 6.48. The van der Waals surface area contributed by atoms with E-state index in [9.17, 15) is 14.4 Å². The molecule has 4 amide bonds. The largest absolute Gasteiger partial charge is 0.494 e. The van der Waals surface area contributed by atoms with Crippen molar-refractivity contribution >= 4 is 23.5 Å². The maximum absolute atomic E-state index is 13.1. The van der Waals surface area contributed by atoms with E-state index in [0.29, 0.717) is 36.0 Å². The van der Waals surface area contributed by atoms with Gasteiger partial charge < -0.3 is 20.1 Å². The number of amides is 4. The Morgan fingerprint density at radius 2 is 1.81 bits per heavy atom. The monoisotopic (exact) mass is 425 g/mol. The second-order valence-corrected chi connectivity index (χ2v) is 7.33. The second-order valence-electron chi connectivity index (χ2n) is 7.33. The van der Waals surface area contributed by atoms with Crippen molar-refractivity contribution in [2.45, 2.75) is 33.2 Å². The molecule has 8 nitrogen and oxygen atoms in total. The van der Waals surface area contributed by atoms with Gasteiger partial charge in [-0.2, -0.15) is 0 Å². The lowest BCUT2D eigenvalue weighted by molar-refractivity contribution is -0.133. The Labute approximate surface area is 181 Å². The van der Waals surface area contributed by atoms with Crippen LogP contribution in [0.3, 0.4) is 0 Å². The summed E-state index contributed by atoms with van der Waals surface area (Å²) in [5.74, 6) is 0.0480. The van der Waals surface area contributed by atoms with Gasteiger partial charge in [-0.25, -0.2) is 4.79 Å². The Hall–Kier alpha value is -3.55. The van der Waals surface area contributed by atoms with Crippen LogP contribution in [-0.2, 0) is 15.1 Å². The molecule has 8 heteroatoms. The summed E-state index contributed by atoms with van der Waals surface area (Å²) in [4.78, 5) is 39.3. The Morgan fingerprint density at radius 3 is 2.48 bits per heavy atom. The summed E-state index contributed by atoms with van der Waals surface area (Å²) < 4.78 is 11.0. The molecule has 3 rings (SSSR count). The number of nitrogens with zero attached hydrogens (tertiary/aromatic N) is 1. The summed E-state index contributed by atoms with van der Waals surface area (Å²) in [5, 5.41) is 5.45. The zero-order valence-electron chi connectivity index (χ0n) is 18.2. The molecule has 164 valence electrons. The molecule has 1 unspecified atom stereocenters. The molecule has 1 aliphatic heterocycles. The average molecular weight is 425 g/mol. The van der Waals surface area contributed by atoms with Crippen LogP contribution in [0, 0.1) is 6.92 Å². The van der Waals surface area contributed by atoms with Crippen molar-refractivity contribution in [3.05, 3.63) is 53.6 Å². The summed E-state index contributed by atoms with van der Waals surface area (Å²) in [6.07, 6.45) is 0. The zero-order chi connectivity index (χ0) is 22.6. The number of nitrogens with one attached hydrogen (secondary N) is 2. The highest BCUT2D eigenvalue weighted by molar-refractivity contribution is 6.10. The molecule has 0 bridgehead atoms. The van der Waals surface area contributed by atoms with Gasteiger partial charge in [0.05, 0.1) is 18.9 Å². The first-order valence-electron chi connectivity index (χ1n) is 10.2. The number of carbonyl (C=O) groups is 3. The molecule has 1 atom stereocenters. The molecule has 2 aromatic carbocycles. The third-order valence-corrected chi connectivity index (χ3v) is 5.10. The average Bonchev–Trinajstić information content (AvgIpc) is 2.94. The van der Waals surface area contributed by atoms with Gasteiger partial charge in [-0.3, -0.25) is 14.5 Å². The Morgan fingerprint density at radius 1 is 1.10 bits per heavy atom. The minimum atomic E-state index is -1.23. The van der Waals surface area contributed by atoms with Crippen LogP contribution in [0.25, 0.3) is 0 Å². The number of anilines is 1. The summed E-state index contributed by atoms with van der Waals surface area (Å²) in [7, 11) is 0. The predicted molar refractivity (Wildman–Crippen MR) is 116 cm³/mol. The van der Waals surface area contributed by atoms with Gasteiger partial charge in [0.1, 0.15) is 23.6 Å². The van der Waals surface area contributed by atoms with Gasteiger partial charge in [0.2, 0.25) is 5.91 Å². The van der Waals surface area contributed by atoms with E-state index in [2.05, 4.69) is 10.6 Å². The number of benzene rings is 2. The molecule has 0 radical (unpaired) electrons. The van der Waals surface area contributed by atoms with Crippen LogP contribution in [0.15, 0.2) is 42.5 Å². The standard InChI is InChI=1S/C23H27N3O5/c1-5-30-16-11-12-19(31-6-2)18(13-16)24-20(27)14-26-21(28)23(4,25-22(26)29)17-10-8-7-9-15(17)3/h7-13H,5-6,14H2,1-4H3,(H,24,27)(H,25,29). The Bertz CT molecular complexity index is 1010. The summed E-state index contributed by atoms with van der Waals surface area (Å²) in [6.45, 7) is 7.68. The summed E-state index contributed by atoms with van der Waals surface area (Å²) >= 11 is 0. The van der Waals surface area contributed by atoms with Crippen LogP contribution in [0.5, 0.6) is 11.5 Å². The van der Waals surface area contributed by atoms with Gasteiger partial charge in [0.25, 0.3) is 5.91 Å². The van der Waals surface area contributed by atoms with Gasteiger partial charge >= 0.3 is 6.03 Å². The number of imide groups is 1. The molecule has 1 aliphatic rings. The number of hydrogen-bond donors (Lipinski definition) is 2. The zero-order valence-corrected chi connectivity index (χ0v) is 18.2. The molecular weight excluding hydrogens is 398 g/mol. The van der Waals surface area contributed by atoms with Gasteiger partial charge in [-0.15, -0.1) is 0 Å². The number of hydrogen-bond acceptors (Lipinski definition) is 5. The topological polar surface area (TPSA) is 97.0 Å². The molecule has 0 spiro atoms. The minimum Gasteiger partial charge on any atom is -0.494 e. The Balaban J connectivity index is 1.78. The van der Waals surface area contributed by atoms with Gasteiger partial charge in [0, 0.05) is 6.07 Å². The first-order chi connectivity index (χ1) is 14.8.